The molecule has 0 unspecified atom stereocenters. The Morgan fingerprint density at radius 1 is 0.528 bits per heavy atom. The Morgan fingerprint density at radius 2 is 0.861 bits per heavy atom. The molecule has 1 heterocycles. The van der Waals surface area contributed by atoms with Crippen molar-refractivity contribution in [1.82, 2.24) is 0 Å². The Kier molecular flexibility index (Phi) is 7.27. The monoisotopic (exact) mass is 604 g/mol. The van der Waals surface area contributed by atoms with Crippen molar-refractivity contribution in [2.75, 3.05) is 0 Å². The first-order valence-electron chi connectivity index (χ1n) is 10.8. The fourth-order valence-electron chi connectivity index (χ4n) is 4.80. The molecule has 6 nitrogen and oxygen atoms in total. The van der Waals surface area contributed by atoms with Gasteiger partial charge in [-0.2, -0.15) is 16.8 Å². The average Bonchev–Trinajstić information content (AvgIpc) is 2.98. The van der Waals surface area contributed by atoms with E-state index in [1.54, 1.807) is 24.3 Å². The van der Waals surface area contributed by atoms with E-state index in [0.29, 0.717) is 12.3 Å². The average molecular weight is 605 g/mol. The number of hydrogen-bond donors (Lipinski definition) is 2. The molecule has 0 fully saturated rings. The van der Waals surface area contributed by atoms with Crippen molar-refractivity contribution in [2.45, 2.75) is 22.1 Å². The molecule has 0 atom stereocenters. The maximum absolute atomic E-state index is 11.7. The van der Waals surface area contributed by atoms with Gasteiger partial charge in [0.2, 0.25) is 0 Å². The van der Waals surface area contributed by atoms with Crippen LogP contribution in [0.25, 0.3) is 11.1 Å². The Morgan fingerprint density at radius 3 is 1.19 bits per heavy atom. The molecular formula is C26H22BrO6PS2. The lowest BCUT2D eigenvalue weighted by atomic mass is 9.97. The number of fused-ring (bicyclic) bond motifs is 3. The van der Waals surface area contributed by atoms with Crippen LogP contribution >= 0.6 is 7.26 Å². The van der Waals surface area contributed by atoms with Crippen LogP contribution < -0.4 is 27.6 Å². The van der Waals surface area contributed by atoms with Crippen molar-refractivity contribution in [3.05, 3.63) is 108 Å². The molecule has 5 rings (SSSR count). The zero-order valence-electron chi connectivity index (χ0n) is 18.8. The first-order valence-corrected chi connectivity index (χ1v) is 15.8. The molecule has 0 saturated carbocycles. The third-order valence-electron chi connectivity index (χ3n) is 6.46. The van der Waals surface area contributed by atoms with E-state index in [1.165, 1.54) is 24.3 Å². The number of rotatable bonds is 4. The van der Waals surface area contributed by atoms with Gasteiger partial charge in [0.1, 0.15) is 0 Å². The summed E-state index contributed by atoms with van der Waals surface area (Å²) < 4.78 is 65.6. The van der Waals surface area contributed by atoms with Gasteiger partial charge in [-0.15, -0.1) is 0 Å². The molecule has 1 aliphatic rings. The van der Waals surface area contributed by atoms with Gasteiger partial charge in [-0.25, -0.2) is 0 Å². The van der Waals surface area contributed by atoms with Gasteiger partial charge >= 0.3 is 0 Å². The lowest BCUT2D eigenvalue weighted by Gasteiger charge is -2.27. The van der Waals surface area contributed by atoms with Crippen LogP contribution in [-0.4, -0.2) is 25.9 Å². The minimum Gasteiger partial charge on any atom is -1.00 e. The molecule has 0 aliphatic carbocycles. The van der Waals surface area contributed by atoms with E-state index >= 15 is 0 Å². The first-order chi connectivity index (χ1) is 16.6. The van der Waals surface area contributed by atoms with Crippen molar-refractivity contribution in [2.24, 2.45) is 0 Å². The molecule has 1 aliphatic heterocycles. The second-order valence-electron chi connectivity index (χ2n) is 8.54. The minimum atomic E-state index is -4.34. The highest BCUT2D eigenvalue weighted by atomic mass is 79.9. The van der Waals surface area contributed by atoms with E-state index < -0.39 is 27.5 Å². The largest absolute Gasteiger partial charge is 1.00 e. The van der Waals surface area contributed by atoms with Crippen molar-refractivity contribution in [3.63, 3.8) is 0 Å². The fraction of sp³-hybridized carbons (Fsp3) is 0.0769. The summed E-state index contributed by atoms with van der Waals surface area (Å²) in [4.78, 5) is -0.367. The van der Waals surface area contributed by atoms with Crippen LogP contribution in [0.1, 0.15) is 11.1 Å². The summed E-state index contributed by atoms with van der Waals surface area (Å²) >= 11 is 0. The van der Waals surface area contributed by atoms with Gasteiger partial charge in [0.05, 0.1) is 40.0 Å². The third kappa shape index (κ3) is 4.92. The van der Waals surface area contributed by atoms with Gasteiger partial charge in [0.15, 0.2) is 0 Å². The molecule has 0 spiro atoms. The summed E-state index contributed by atoms with van der Waals surface area (Å²) in [5, 5.41) is 1.85. The third-order valence-corrected chi connectivity index (χ3v) is 12.5. The minimum absolute atomic E-state index is 0. The SMILES string of the molecule is O=S(=O)(O)c1ccc([P+]2(c3ccc(S(=O)(=O)O)cc3)Cc3ccccc3-c3ccccc3C2)cc1.[Br-]. The summed E-state index contributed by atoms with van der Waals surface area (Å²) in [5.41, 5.74) is 4.55. The summed E-state index contributed by atoms with van der Waals surface area (Å²) in [6, 6.07) is 28.9. The lowest BCUT2D eigenvalue weighted by molar-refractivity contribution is -0.0000151. The van der Waals surface area contributed by atoms with E-state index in [9.17, 15) is 25.9 Å². The van der Waals surface area contributed by atoms with Crippen LogP contribution in [0.3, 0.4) is 0 Å². The van der Waals surface area contributed by atoms with E-state index in [0.717, 1.165) is 32.9 Å². The maximum atomic E-state index is 11.7. The normalized spacial score (nSPS) is 14.6. The first kappa shape index (κ1) is 26.7. The van der Waals surface area contributed by atoms with Gasteiger partial charge in [-0.05, 0) is 70.8 Å². The molecule has 0 bridgehead atoms. The molecule has 4 aromatic rings. The molecule has 36 heavy (non-hydrogen) atoms. The van der Waals surface area contributed by atoms with Gasteiger partial charge in [0, 0.05) is 0 Å². The predicted octanol–water partition coefficient (Wildman–Crippen LogP) is 1.53. The Bertz CT molecular complexity index is 1510. The number of halogens is 1. The topological polar surface area (TPSA) is 109 Å². The van der Waals surface area contributed by atoms with Crippen LogP contribution in [0.5, 0.6) is 0 Å². The van der Waals surface area contributed by atoms with Crippen LogP contribution in [0.2, 0.25) is 0 Å². The second kappa shape index (κ2) is 9.82. The van der Waals surface area contributed by atoms with Gasteiger partial charge in [-0.1, -0.05) is 48.5 Å². The van der Waals surface area contributed by atoms with Gasteiger partial charge < -0.3 is 17.0 Å². The van der Waals surface area contributed by atoms with Gasteiger partial charge in [-0.3, -0.25) is 9.11 Å². The molecular weight excluding hydrogens is 583 g/mol. The summed E-state index contributed by atoms with van der Waals surface area (Å²) in [6.45, 7) is 0. The molecule has 0 saturated heterocycles. The molecule has 0 amide bonds. The highest BCUT2D eigenvalue weighted by Gasteiger charge is 2.46. The number of benzene rings is 4. The highest BCUT2D eigenvalue weighted by molar-refractivity contribution is 7.88. The zero-order chi connectivity index (χ0) is 24.8. The Labute approximate surface area is 221 Å². The van der Waals surface area contributed by atoms with E-state index in [1.807, 2.05) is 24.3 Å². The van der Waals surface area contributed by atoms with Gasteiger partial charge in [0.25, 0.3) is 20.2 Å². The van der Waals surface area contributed by atoms with E-state index in [-0.39, 0.29) is 26.8 Å². The van der Waals surface area contributed by atoms with Crippen molar-refractivity contribution >= 4 is 38.1 Å². The Balaban J connectivity index is 0.00000304. The highest BCUT2D eigenvalue weighted by Crippen LogP contribution is 2.64. The lowest BCUT2D eigenvalue weighted by Crippen LogP contribution is -3.00. The molecule has 4 aromatic carbocycles. The van der Waals surface area contributed by atoms with E-state index in [2.05, 4.69) is 24.3 Å². The summed E-state index contributed by atoms with van der Waals surface area (Å²) in [6.07, 6.45) is 1.35. The molecule has 0 radical (unpaired) electrons. The summed E-state index contributed by atoms with van der Waals surface area (Å²) in [7, 11) is -11.0. The van der Waals surface area contributed by atoms with Crippen molar-refractivity contribution in [1.29, 1.82) is 0 Å². The Hall–Kier alpha value is -2.39. The quantitative estimate of drug-likeness (QED) is 0.270. The molecule has 0 aromatic heterocycles. The second-order valence-corrected chi connectivity index (χ2v) is 15.0. The standard InChI is InChI=1S/C26H21O6PS2.BrH/c27-34(28,29)23-13-9-21(10-14-23)33(22-11-15-24(16-12-22)35(30,31)32)17-19-5-1-3-7-25(19)26-8-4-2-6-20(26)18-33;/h1-16H,17-18H2,(H-,27,28,29,30,31,32);1H. The molecule has 10 heteroatoms. The smallest absolute Gasteiger partial charge is 0.294 e. The van der Waals surface area contributed by atoms with Crippen LogP contribution in [0.4, 0.5) is 0 Å². The zero-order valence-corrected chi connectivity index (χ0v) is 22.9. The molecule has 186 valence electrons. The fourth-order valence-corrected chi connectivity index (χ4v) is 10.1. The van der Waals surface area contributed by atoms with Crippen molar-refractivity contribution in [3.8, 4) is 11.1 Å². The van der Waals surface area contributed by atoms with E-state index in [4.69, 9.17) is 0 Å². The molecule has 2 N–H and O–H groups in total. The van der Waals surface area contributed by atoms with Crippen LogP contribution in [-0.2, 0) is 32.6 Å². The van der Waals surface area contributed by atoms with Crippen LogP contribution in [0.15, 0.2) is 107 Å². The van der Waals surface area contributed by atoms with Crippen LogP contribution in [0, 0.1) is 0 Å². The number of hydrogen-bond acceptors (Lipinski definition) is 4. The van der Waals surface area contributed by atoms with Crippen molar-refractivity contribution < 1.29 is 42.9 Å². The maximum Gasteiger partial charge on any atom is 0.294 e. The summed E-state index contributed by atoms with van der Waals surface area (Å²) in [5.74, 6) is 0. The predicted molar refractivity (Wildman–Crippen MR) is 138 cm³/mol.